The zero-order chi connectivity index (χ0) is 16.8. The second kappa shape index (κ2) is 5.23. The van der Waals surface area contributed by atoms with E-state index < -0.39 is 11.7 Å². The molecule has 0 radical (unpaired) electrons. The molecule has 1 atom stereocenters. The van der Waals surface area contributed by atoms with E-state index in [1.165, 1.54) is 11.2 Å². The monoisotopic (exact) mass is 323 g/mol. The Labute approximate surface area is 137 Å². The van der Waals surface area contributed by atoms with Crippen LogP contribution in [0.4, 0.5) is 4.39 Å². The number of carbonyl (C=O) groups excluding carboxylic acids is 1. The van der Waals surface area contributed by atoms with Crippen LogP contribution in [0.15, 0.2) is 43.3 Å². The number of hydrogen-bond donors (Lipinski definition) is 1. The molecule has 0 saturated carbocycles. The number of hydrogen-bond acceptors (Lipinski definition) is 4. The molecule has 1 amide bonds. The number of pyridine rings is 1. The Morgan fingerprint density at radius 3 is 3.00 bits per heavy atom. The molecule has 4 rings (SSSR count). The third kappa shape index (κ3) is 2.01. The fourth-order valence-corrected chi connectivity index (χ4v) is 3.20. The molecule has 0 aromatic carbocycles. The first-order valence-electron chi connectivity index (χ1n) is 7.49. The SMILES string of the molecule is C=C(F)C(=O)N1Cc2c(-c3ccnc4[nH]ccc34)ncnc2C1C. The number of halogens is 1. The molecule has 4 heterocycles. The summed E-state index contributed by atoms with van der Waals surface area (Å²) in [5.74, 6) is -1.69. The second-order valence-corrected chi connectivity index (χ2v) is 5.70. The van der Waals surface area contributed by atoms with Crippen LogP contribution < -0.4 is 0 Å². The van der Waals surface area contributed by atoms with Crippen LogP contribution in [0, 0.1) is 0 Å². The van der Waals surface area contributed by atoms with Gasteiger partial charge in [-0.15, -0.1) is 0 Å². The van der Waals surface area contributed by atoms with E-state index in [4.69, 9.17) is 0 Å². The fraction of sp³-hybridized carbons (Fsp3) is 0.176. The summed E-state index contributed by atoms with van der Waals surface area (Å²) >= 11 is 0. The number of nitrogens with one attached hydrogen (secondary N) is 1. The molecule has 1 aliphatic rings. The average molecular weight is 323 g/mol. The lowest BCUT2D eigenvalue weighted by Gasteiger charge is -2.19. The number of rotatable bonds is 2. The van der Waals surface area contributed by atoms with Crippen LogP contribution in [-0.2, 0) is 11.3 Å². The van der Waals surface area contributed by atoms with Crippen molar-refractivity contribution in [3.63, 3.8) is 0 Å². The summed E-state index contributed by atoms with van der Waals surface area (Å²) in [5.41, 5.74) is 3.96. The van der Waals surface area contributed by atoms with Gasteiger partial charge in [0, 0.05) is 28.9 Å². The first kappa shape index (κ1) is 14.5. The quantitative estimate of drug-likeness (QED) is 0.736. The van der Waals surface area contributed by atoms with E-state index in [0.29, 0.717) is 0 Å². The summed E-state index contributed by atoms with van der Waals surface area (Å²) in [6.45, 7) is 5.18. The van der Waals surface area contributed by atoms with E-state index in [2.05, 4.69) is 26.5 Å². The largest absolute Gasteiger partial charge is 0.346 e. The highest BCUT2D eigenvalue weighted by Gasteiger charge is 2.35. The Bertz CT molecular complexity index is 980. The van der Waals surface area contributed by atoms with E-state index in [1.54, 1.807) is 6.20 Å². The summed E-state index contributed by atoms with van der Waals surface area (Å²) in [5, 5.41) is 0.936. The van der Waals surface area contributed by atoms with Gasteiger partial charge in [0.25, 0.3) is 5.91 Å². The number of aromatic nitrogens is 4. The Balaban J connectivity index is 1.87. The maximum atomic E-state index is 13.3. The molecule has 0 aliphatic carbocycles. The lowest BCUT2D eigenvalue weighted by atomic mass is 10.0. The Kier molecular flexibility index (Phi) is 3.16. The molecule has 1 aliphatic heterocycles. The summed E-state index contributed by atoms with van der Waals surface area (Å²) in [7, 11) is 0. The van der Waals surface area contributed by atoms with E-state index >= 15 is 0 Å². The van der Waals surface area contributed by atoms with Crippen LogP contribution in [0.1, 0.15) is 24.2 Å². The zero-order valence-corrected chi connectivity index (χ0v) is 13.0. The maximum absolute atomic E-state index is 13.3. The van der Waals surface area contributed by atoms with Gasteiger partial charge in [0.1, 0.15) is 12.0 Å². The molecule has 3 aromatic rings. The minimum Gasteiger partial charge on any atom is -0.346 e. The molecule has 1 unspecified atom stereocenters. The average Bonchev–Trinajstić information content (AvgIpc) is 3.18. The van der Waals surface area contributed by atoms with Gasteiger partial charge in [-0.1, -0.05) is 6.58 Å². The fourth-order valence-electron chi connectivity index (χ4n) is 3.20. The maximum Gasteiger partial charge on any atom is 0.282 e. The van der Waals surface area contributed by atoms with Crippen LogP contribution in [0.3, 0.4) is 0 Å². The van der Waals surface area contributed by atoms with Crippen LogP contribution >= 0.6 is 0 Å². The highest BCUT2D eigenvalue weighted by molar-refractivity contribution is 5.94. The van der Waals surface area contributed by atoms with Crippen molar-refractivity contribution in [3.8, 4) is 11.3 Å². The van der Waals surface area contributed by atoms with Gasteiger partial charge in [-0.2, -0.15) is 0 Å². The second-order valence-electron chi connectivity index (χ2n) is 5.70. The first-order chi connectivity index (χ1) is 11.6. The lowest BCUT2D eigenvalue weighted by molar-refractivity contribution is -0.130. The molecular weight excluding hydrogens is 309 g/mol. The molecule has 0 fully saturated rings. The first-order valence-corrected chi connectivity index (χ1v) is 7.49. The number of amides is 1. The highest BCUT2D eigenvalue weighted by atomic mass is 19.1. The van der Waals surface area contributed by atoms with Gasteiger partial charge < -0.3 is 9.88 Å². The van der Waals surface area contributed by atoms with Gasteiger partial charge in [-0.3, -0.25) is 4.79 Å². The van der Waals surface area contributed by atoms with Gasteiger partial charge in [-0.05, 0) is 19.1 Å². The van der Waals surface area contributed by atoms with Crippen LogP contribution in [0.5, 0.6) is 0 Å². The third-order valence-corrected chi connectivity index (χ3v) is 4.38. The van der Waals surface area contributed by atoms with Crippen LogP contribution in [0.25, 0.3) is 22.3 Å². The number of nitrogens with zero attached hydrogens (tertiary/aromatic N) is 4. The van der Waals surface area contributed by atoms with Crippen molar-refractivity contribution in [3.05, 3.63) is 54.5 Å². The van der Waals surface area contributed by atoms with E-state index in [9.17, 15) is 9.18 Å². The number of fused-ring (bicyclic) bond motifs is 2. The van der Waals surface area contributed by atoms with Crippen molar-refractivity contribution >= 4 is 16.9 Å². The van der Waals surface area contributed by atoms with Gasteiger partial charge in [0.15, 0.2) is 5.83 Å². The van der Waals surface area contributed by atoms with Crippen molar-refractivity contribution in [1.82, 2.24) is 24.8 Å². The highest BCUT2D eigenvalue weighted by Crippen LogP contribution is 2.38. The Morgan fingerprint density at radius 2 is 2.21 bits per heavy atom. The van der Waals surface area contributed by atoms with E-state index in [1.807, 2.05) is 25.3 Å². The van der Waals surface area contributed by atoms with Crippen molar-refractivity contribution in [1.29, 1.82) is 0 Å². The summed E-state index contributed by atoms with van der Waals surface area (Å²) in [6, 6.07) is 3.48. The number of carbonyl (C=O) groups is 1. The lowest BCUT2D eigenvalue weighted by Crippen LogP contribution is -2.28. The molecule has 6 nitrogen and oxygen atoms in total. The predicted molar refractivity (Wildman–Crippen MR) is 86.3 cm³/mol. The summed E-state index contributed by atoms with van der Waals surface area (Å²) in [6.07, 6.45) is 4.99. The molecular formula is C17H14FN5O. The van der Waals surface area contributed by atoms with Crippen LogP contribution in [-0.4, -0.2) is 30.7 Å². The standard InChI is InChI=1S/C17H14FN5O/c1-9(18)17(24)23-7-13-14(10(23)2)21-8-22-15(13)11-3-5-19-16-12(11)4-6-20-16/h3-6,8,10H,1,7H2,2H3,(H,19,20). The smallest absolute Gasteiger partial charge is 0.282 e. The van der Waals surface area contributed by atoms with Crippen molar-refractivity contribution in [2.45, 2.75) is 19.5 Å². The van der Waals surface area contributed by atoms with Crippen molar-refractivity contribution in [2.24, 2.45) is 0 Å². The molecule has 0 spiro atoms. The summed E-state index contributed by atoms with van der Waals surface area (Å²) in [4.78, 5) is 29.5. The molecule has 1 N–H and O–H groups in total. The van der Waals surface area contributed by atoms with Gasteiger partial charge in [-0.25, -0.2) is 19.3 Å². The number of aromatic amines is 1. The normalized spacial score (nSPS) is 16.4. The van der Waals surface area contributed by atoms with Gasteiger partial charge in [0.2, 0.25) is 0 Å². The molecule has 0 bridgehead atoms. The van der Waals surface area contributed by atoms with Gasteiger partial charge in [0.05, 0.1) is 24.0 Å². The van der Waals surface area contributed by atoms with Crippen molar-refractivity contribution < 1.29 is 9.18 Å². The van der Waals surface area contributed by atoms with Gasteiger partial charge >= 0.3 is 0 Å². The Hall–Kier alpha value is -3.09. The minimum absolute atomic E-state index is 0.253. The molecule has 7 heteroatoms. The number of H-pyrrole nitrogens is 1. The minimum atomic E-state index is -0.971. The zero-order valence-electron chi connectivity index (χ0n) is 13.0. The third-order valence-electron chi connectivity index (χ3n) is 4.38. The topological polar surface area (TPSA) is 74.8 Å². The molecule has 120 valence electrons. The van der Waals surface area contributed by atoms with E-state index in [0.717, 1.165) is 33.5 Å². The van der Waals surface area contributed by atoms with Crippen molar-refractivity contribution in [2.75, 3.05) is 0 Å². The Morgan fingerprint density at radius 1 is 1.38 bits per heavy atom. The van der Waals surface area contributed by atoms with E-state index in [-0.39, 0.29) is 12.6 Å². The predicted octanol–water partition coefficient (Wildman–Crippen LogP) is 2.91. The molecule has 24 heavy (non-hydrogen) atoms. The molecule has 0 saturated heterocycles. The molecule has 3 aromatic heterocycles. The van der Waals surface area contributed by atoms with Crippen LogP contribution in [0.2, 0.25) is 0 Å². The summed E-state index contributed by atoms with van der Waals surface area (Å²) < 4.78 is 13.3.